The lowest BCUT2D eigenvalue weighted by molar-refractivity contribution is 0.0693. The fourth-order valence-corrected chi connectivity index (χ4v) is 2.07. The number of furan rings is 1. The molecular formula is C16H11NO5. The summed E-state index contributed by atoms with van der Waals surface area (Å²) in [6.07, 6.45) is 0. The molecule has 0 aliphatic rings. The van der Waals surface area contributed by atoms with Crippen LogP contribution in [0.2, 0.25) is 0 Å². The minimum Gasteiger partial charge on any atom is -0.507 e. The van der Waals surface area contributed by atoms with Crippen LogP contribution >= 0.6 is 0 Å². The number of carbonyl (C=O) groups is 2. The van der Waals surface area contributed by atoms with Gasteiger partial charge in [-0.15, -0.1) is 0 Å². The van der Waals surface area contributed by atoms with Crippen LogP contribution in [0.25, 0.3) is 11.0 Å². The Bertz CT molecular complexity index is 848. The van der Waals surface area contributed by atoms with Crippen LogP contribution in [0, 0.1) is 0 Å². The van der Waals surface area contributed by atoms with Gasteiger partial charge in [-0.05, 0) is 30.3 Å². The molecule has 0 aliphatic carbocycles. The molecule has 6 heteroatoms. The second kappa shape index (κ2) is 5.25. The number of aromatic carboxylic acids is 1. The van der Waals surface area contributed by atoms with Gasteiger partial charge in [0.2, 0.25) is 0 Å². The summed E-state index contributed by atoms with van der Waals surface area (Å²) in [7, 11) is 0. The first-order valence-electron chi connectivity index (χ1n) is 6.41. The summed E-state index contributed by atoms with van der Waals surface area (Å²) >= 11 is 0. The van der Waals surface area contributed by atoms with Gasteiger partial charge < -0.3 is 19.9 Å². The fourth-order valence-electron chi connectivity index (χ4n) is 2.07. The van der Waals surface area contributed by atoms with Gasteiger partial charge in [-0.2, -0.15) is 0 Å². The van der Waals surface area contributed by atoms with E-state index in [-0.39, 0.29) is 22.8 Å². The van der Waals surface area contributed by atoms with Gasteiger partial charge in [0, 0.05) is 11.1 Å². The molecule has 0 radical (unpaired) electrons. The Hall–Kier alpha value is -3.28. The summed E-state index contributed by atoms with van der Waals surface area (Å²) in [4.78, 5) is 23.1. The molecule has 0 saturated carbocycles. The van der Waals surface area contributed by atoms with Crippen molar-refractivity contribution in [1.29, 1.82) is 0 Å². The van der Waals surface area contributed by atoms with E-state index in [4.69, 9.17) is 9.52 Å². The molecule has 1 aromatic heterocycles. The normalized spacial score (nSPS) is 10.5. The quantitative estimate of drug-likeness (QED) is 0.645. The minimum atomic E-state index is -1.28. The molecule has 0 spiro atoms. The number of hydrogen-bond acceptors (Lipinski definition) is 4. The molecule has 0 saturated heterocycles. The van der Waals surface area contributed by atoms with Gasteiger partial charge in [0.1, 0.15) is 16.9 Å². The summed E-state index contributed by atoms with van der Waals surface area (Å²) in [5.41, 5.74) is 0.549. The summed E-state index contributed by atoms with van der Waals surface area (Å²) < 4.78 is 5.43. The molecule has 110 valence electrons. The maximum atomic E-state index is 12.1. The second-order valence-corrected chi connectivity index (χ2v) is 4.64. The maximum Gasteiger partial charge on any atom is 0.339 e. The number of fused-ring (bicyclic) bond motifs is 1. The van der Waals surface area contributed by atoms with Crippen LogP contribution < -0.4 is 5.32 Å². The molecular weight excluding hydrogens is 286 g/mol. The number of carboxylic acids is 1. The summed E-state index contributed by atoms with van der Waals surface area (Å²) in [5, 5.41) is 21.7. The highest BCUT2D eigenvalue weighted by molar-refractivity contribution is 6.05. The van der Waals surface area contributed by atoms with E-state index >= 15 is 0 Å². The van der Waals surface area contributed by atoms with E-state index in [2.05, 4.69) is 5.32 Å². The minimum absolute atomic E-state index is 0.117. The first-order valence-corrected chi connectivity index (χ1v) is 6.41. The van der Waals surface area contributed by atoms with Crippen LogP contribution in [0.4, 0.5) is 5.69 Å². The van der Waals surface area contributed by atoms with E-state index in [9.17, 15) is 14.7 Å². The molecule has 0 atom stereocenters. The number of para-hydroxylation sites is 1. The Balaban J connectivity index is 1.87. The van der Waals surface area contributed by atoms with Gasteiger partial charge in [-0.1, -0.05) is 18.2 Å². The van der Waals surface area contributed by atoms with Gasteiger partial charge in [-0.25, -0.2) is 4.79 Å². The maximum absolute atomic E-state index is 12.1. The molecule has 22 heavy (non-hydrogen) atoms. The van der Waals surface area contributed by atoms with Gasteiger partial charge in [-0.3, -0.25) is 4.79 Å². The van der Waals surface area contributed by atoms with Gasteiger partial charge in [0.15, 0.2) is 5.76 Å². The number of phenols is 1. The number of carbonyl (C=O) groups excluding carboxylic acids is 1. The molecule has 0 unspecified atom stereocenters. The Morgan fingerprint density at radius 2 is 1.82 bits per heavy atom. The molecule has 1 amide bonds. The molecule has 3 aromatic rings. The molecule has 0 fully saturated rings. The molecule has 1 heterocycles. The lowest BCUT2D eigenvalue weighted by atomic mass is 10.1. The van der Waals surface area contributed by atoms with Crippen LogP contribution in [0.3, 0.4) is 0 Å². The number of amides is 1. The topological polar surface area (TPSA) is 99.8 Å². The van der Waals surface area contributed by atoms with Crippen molar-refractivity contribution in [3.05, 3.63) is 59.9 Å². The summed E-state index contributed by atoms with van der Waals surface area (Å²) in [6, 6.07) is 12.6. The number of aromatic hydroxyl groups is 1. The van der Waals surface area contributed by atoms with Crippen molar-refractivity contribution in [2.75, 3.05) is 5.32 Å². The lowest BCUT2D eigenvalue weighted by Gasteiger charge is -2.05. The SMILES string of the molecule is O=C(Nc1ccc(O)c(C(=O)O)c1)c1cc2ccccc2o1. The third-order valence-electron chi connectivity index (χ3n) is 3.13. The van der Waals surface area contributed by atoms with E-state index in [0.717, 1.165) is 5.39 Å². The number of nitrogens with one attached hydrogen (secondary N) is 1. The second-order valence-electron chi connectivity index (χ2n) is 4.64. The molecule has 0 aliphatic heterocycles. The summed E-state index contributed by atoms with van der Waals surface area (Å²) in [5.74, 6) is -2.03. The van der Waals surface area contributed by atoms with E-state index < -0.39 is 11.9 Å². The van der Waals surface area contributed by atoms with Crippen LogP contribution in [0.15, 0.2) is 52.9 Å². The van der Waals surface area contributed by atoms with Crippen LogP contribution in [0.1, 0.15) is 20.9 Å². The van der Waals surface area contributed by atoms with Crippen LogP contribution in [-0.2, 0) is 0 Å². The van der Waals surface area contributed by atoms with Crippen molar-refractivity contribution in [3.63, 3.8) is 0 Å². The largest absolute Gasteiger partial charge is 0.507 e. The predicted molar refractivity (Wildman–Crippen MR) is 79.2 cm³/mol. The van der Waals surface area contributed by atoms with Gasteiger partial charge in [0.25, 0.3) is 5.91 Å². The molecule has 6 nitrogen and oxygen atoms in total. The number of anilines is 1. The van der Waals surface area contributed by atoms with Crippen LogP contribution in [-0.4, -0.2) is 22.1 Å². The summed E-state index contributed by atoms with van der Waals surface area (Å²) in [6.45, 7) is 0. The van der Waals surface area contributed by atoms with Crippen molar-refractivity contribution in [1.82, 2.24) is 0 Å². The standard InChI is InChI=1S/C16H11NO5/c18-12-6-5-10(8-11(12)16(20)21)17-15(19)14-7-9-3-1-2-4-13(9)22-14/h1-8,18H,(H,17,19)(H,20,21). The average Bonchev–Trinajstić information content (AvgIpc) is 2.93. The third-order valence-corrected chi connectivity index (χ3v) is 3.13. The van der Waals surface area contributed by atoms with E-state index in [1.54, 1.807) is 18.2 Å². The third kappa shape index (κ3) is 2.49. The molecule has 3 N–H and O–H groups in total. The first-order chi connectivity index (χ1) is 10.5. The van der Waals surface area contributed by atoms with E-state index in [0.29, 0.717) is 5.58 Å². The number of rotatable bonds is 3. The predicted octanol–water partition coefficient (Wildman–Crippen LogP) is 3.09. The van der Waals surface area contributed by atoms with Gasteiger partial charge >= 0.3 is 5.97 Å². The van der Waals surface area contributed by atoms with Crippen molar-refractivity contribution in [2.45, 2.75) is 0 Å². The van der Waals surface area contributed by atoms with E-state index in [1.807, 2.05) is 12.1 Å². The number of carboxylic acid groups (broad SMARTS) is 1. The van der Waals surface area contributed by atoms with Crippen molar-refractivity contribution < 1.29 is 24.2 Å². The Kier molecular flexibility index (Phi) is 3.27. The zero-order chi connectivity index (χ0) is 15.7. The fraction of sp³-hybridized carbons (Fsp3) is 0. The molecule has 3 rings (SSSR count). The molecule has 0 bridgehead atoms. The van der Waals surface area contributed by atoms with Crippen LogP contribution in [0.5, 0.6) is 5.75 Å². The zero-order valence-corrected chi connectivity index (χ0v) is 11.2. The Labute approximate surface area is 124 Å². The van der Waals surface area contributed by atoms with E-state index in [1.165, 1.54) is 18.2 Å². The Morgan fingerprint density at radius 3 is 2.55 bits per heavy atom. The van der Waals surface area contributed by atoms with Gasteiger partial charge in [0.05, 0.1) is 0 Å². The highest BCUT2D eigenvalue weighted by Gasteiger charge is 2.15. The first kappa shape index (κ1) is 13.7. The number of benzene rings is 2. The molecule has 2 aromatic carbocycles. The van der Waals surface area contributed by atoms with Crippen molar-refractivity contribution in [2.24, 2.45) is 0 Å². The van der Waals surface area contributed by atoms with Crippen molar-refractivity contribution >= 4 is 28.5 Å². The smallest absolute Gasteiger partial charge is 0.339 e. The highest BCUT2D eigenvalue weighted by Crippen LogP contribution is 2.23. The average molecular weight is 297 g/mol. The Morgan fingerprint density at radius 1 is 1.05 bits per heavy atom. The van der Waals surface area contributed by atoms with Crippen molar-refractivity contribution in [3.8, 4) is 5.75 Å². The lowest BCUT2D eigenvalue weighted by Crippen LogP contribution is -2.11. The highest BCUT2D eigenvalue weighted by atomic mass is 16.4. The monoisotopic (exact) mass is 297 g/mol. The zero-order valence-electron chi connectivity index (χ0n) is 11.2. The number of hydrogen-bond donors (Lipinski definition) is 3.